The number of aromatic nitrogens is 4. The van der Waals surface area contributed by atoms with E-state index in [1.807, 2.05) is 19.1 Å². The van der Waals surface area contributed by atoms with Gasteiger partial charge in [0, 0.05) is 12.3 Å². The number of nitrogens with zero attached hydrogens (tertiary/aromatic N) is 3. The summed E-state index contributed by atoms with van der Waals surface area (Å²) in [4.78, 5) is 11.2. The second-order valence-electron chi connectivity index (χ2n) is 3.87. The Hall–Kier alpha value is -2.08. The fraction of sp³-hybridized carbons (Fsp3) is 0.182. The average Bonchev–Trinajstić information content (AvgIpc) is 2.94. The maximum Gasteiger partial charge on any atom is 0.226 e. The standard InChI is InChI=1S/C11H10ClN5O/c1-6-4-7(18-17-6)5-14-10-8-2-3-13-9(8)15-11(12)16-10/h2-4H,5H2,1H3,(H2,13,14,15,16). The molecule has 0 aromatic carbocycles. The second kappa shape index (κ2) is 4.30. The molecule has 3 heterocycles. The van der Waals surface area contributed by atoms with Crippen molar-refractivity contribution in [1.29, 1.82) is 0 Å². The molecule has 7 heteroatoms. The maximum absolute atomic E-state index is 5.85. The van der Waals surface area contributed by atoms with Gasteiger partial charge in [0.2, 0.25) is 5.28 Å². The van der Waals surface area contributed by atoms with Gasteiger partial charge in [-0.15, -0.1) is 0 Å². The molecular formula is C11H10ClN5O. The van der Waals surface area contributed by atoms with E-state index in [1.54, 1.807) is 6.20 Å². The number of rotatable bonds is 3. The highest BCUT2D eigenvalue weighted by Crippen LogP contribution is 2.21. The summed E-state index contributed by atoms with van der Waals surface area (Å²) >= 11 is 5.85. The van der Waals surface area contributed by atoms with Crippen molar-refractivity contribution in [3.63, 3.8) is 0 Å². The highest BCUT2D eigenvalue weighted by atomic mass is 35.5. The Morgan fingerprint density at radius 2 is 2.33 bits per heavy atom. The number of nitrogens with one attached hydrogen (secondary N) is 2. The Kier molecular flexibility index (Phi) is 2.64. The Balaban J connectivity index is 1.87. The summed E-state index contributed by atoms with van der Waals surface area (Å²) in [6.45, 7) is 2.37. The molecule has 92 valence electrons. The first kappa shape index (κ1) is 11.0. The molecule has 2 N–H and O–H groups in total. The summed E-state index contributed by atoms with van der Waals surface area (Å²) in [7, 11) is 0. The van der Waals surface area contributed by atoms with Crippen LogP contribution in [0.25, 0.3) is 11.0 Å². The Labute approximate surface area is 107 Å². The van der Waals surface area contributed by atoms with Crippen LogP contribution in [0, 0.1) is 6.92 Å². The Bertz CT molecular complexity index is 690. The minimum Gasteiger partial charge on any atom is -0.362 e. The van der Waals surface area contributed by atoms with Crippen LogP contribution in [0.2, 0.25) is 5.28 Å². The lowest BCUT2D eigenvalue weighted by atomic mass is 10.3. The molecule has 3 aromatic heterocycles. The van der Waals surface area contributed by atoms with E-state index < -0.39 is 0 Å². The van der Waals surface area contributed by atoms with E-state index in [1.165, 1.54) is 0 Å². The zero-order chi connectivity index (χ0) is 12.5. The van der Waals surface area contributed by atoms with Crippen molar-refractivity contribution in [2.75, 3.05) is 5.32 Å². The lowest BCUT2D eigenvalue weighted by molar-refractivity contribution is 0.384. The maximum atomic E-state index is 5.85. The molecule has 0 fully saturated rings. The molecule has 0 unspecified atom stereocenters. The number of H-pyrrole nitrogens is 1. The van der Waals surface area contributed by atoms with E-state index in [0.29, 0.717) is 18.0 Å². The van der Waals surface area contributed by atoms with Crippen LogP contribution in [0.4, 0.5) is 5.82 Å². The minimum absolute atomic E-state index is 0.196. The van der Waals surface area contributed by atoms with E-state index in [2.05, 4.69) is 25.4 Å². The van der Waals surface area contributed by atoms with E-state index in [9.17, 15) is 0 Å². The highest BCUT2D eigenvalue weighted by molar-refractivity contribution is 6.28. The molecule has 0 aliphatic rings. The van der Waals surface area contributed by atoms with Crippen LogP contribution >= 0.6 is 11.6 Å². The molecule has 0 aliphatic carbocycles. The van der Waals surface area contributed by atoms with Gasteiger partial charge in [0.25, 0.3) is 0 Å². The van der Waals surface area contributed by atoms with Crippen molar-refractivity contribution in [2.45, 2.75) is 13.5 Å². The van der Waals surface area contributed by atoms with E-state index >= 15 is 0 Å². The lowest BCUT2D eigenvalue weighted by Crippen LogP contribution is -2.02. The van der Waals surface area contributed by atoms with Crippen molar-refractivity contribution in [3.05, 3.63) is 35.1 Å². The predicted molar refractivity (Wildman–Crippen MR) is 67.5 cm³/mol. The van der Waals surface area contributed by atoms with Crippen LogP contribution in [0.5, 0.6) is 0 Å². The van der Waals surface area contributed by atoms with Crippen LogP contribution in [-0.2, 0) is 6.54 Å². The van der Waals surface area contributed by atoms with Crippen molar-refractivity contribution < 1.29 is 4.52 Å². The van der Waals surface area contributed by atoms with Gasteiger partial charge in [0.05, 0.1) is 17.6 Å². The van der Waals surface area contributed by atoms with Crippen molar-refractivity contribution in [3.8, 4) is 0 Å². The first-order valence-corrected chi connectivity index (χ1v) is 5.77. The van der Waals surface area contributed by atoms with Gasteiger partial charge in [-0.3, -0.25) is 0 Å². The molecular weight excluding hydrogens is 254 g/mol. The van der Waals surface area contributed by atoms with Crippen molar-refractivity contribution >= 4 is 28.5 Å². The van der Waals surface area contributed by atoms with Gasteiger partial charge < -0.3 is 14.8 Å². The van der Waals surface area contributed by atoms with E-state index in [0.717, 1.165) is 16.8 Å². The highest BCUT2D eigenvalue weighted by Gasteiger charge is 2.08. The average molecular weight is 264 g/mol. The van der Waals surface area contributed by atoms with Crippen LogP contribution in [0.1, 0.15) is 11.5 Å². The van der Waals surface area contributed by atoms with E-state index in [4.69, 9.17) is 16.1 Å². The molecule has 0 aliphatic heterocycles. The molecule has 18 heavy (non-hydrogen) atoms. The van der Waals surface area contributed by atoms with E-state index in [-0.39, 0.29) is 5.28 Å². The monoisotopic (exact) mass is 263 g/mol. The fourth-order valence-electron chi connectivity index (χ4n) is 1.72. The second-order valence-corrected chi connectivity index (χ2v) is 4.21. The van der Waals surface area contributed by atoms with Crippen LogP contribution in [-0.4, -0.2) is 20.1 Å². The molecule has 6 nitrogen and oxygen atoms in total. The van der Waals surface area contributed by atoms with Crippen LogP contribution < -0.4 is 5.32 Å². The molecule has 0 spiro atoms. The van der Waals surface area contributed by atoms with Gasteiger partial charge in [-0.25, -0.2) is 4.98 Å². The molecule has 0 atom stereocenters. The third-order valence-corrected chi connectivity index (χ3v) is 2.66. The van der Waals surface area contributed by atoms with Crippen LogP contribution in [0.15, 0.2) is 22.9 Å². The number of fused-ring (bicyclic) bond motifs is 1. The topological polar surface area (TPSA) is 79.6 Å². The zero-order valence-electron chi connectivity index (χ0n) is 9.57. The summed E-state index contributed by atoms with van der Waals surface area (Å²) in [5, 5.41) is 8.05. The van der Waals surface area contributed by atoms with Crippen LogP contribution in [0.3, 0.4) is 0 Å². The minimum atomic E-state index is 0.196. The summed E-state index contributed by atoms with van der Waals surface area (Å²) in [5.74, 6) is 1.41. The van der Waals surface area contributed by atoms with Gasteiger partial charge >= 0.3 is 0 Å². The van der Waals surface area contributed by atoms with Gasteiger partial charge in [-0.05, 0) is 24.6 Å². The Morgan fingerprint density at radius 3 is 3.11 bits per heavy atom. The SMILES string of the molecule is Cc1cc(CNc2nc(Cl)nc3[nH]ccc23)on1. The summed E-state index contributed by atoms with van der Waals surface area (Å²) < 4.78 is 5.11. The predicted octanol–water partition coefficient (Wildman–Crippen LogP) is 2.52. The molecule has 0 saturated carbocycles. The first-order chi connectivity index (χ1) is 8.72. The molecule has 0 bridgehead atoms. The third kappa shape index (κ3) is 2.02. The molecule has 0 amide bonds. The number of anilines is 1. The first-order valence-electron chi connectivity index (χ1n) is 5.39. The third-order valence-electron chi connectivity index (χ3n) is 2.50. The summed E-state index contributed by atoms with van der Waals surface area (Å²) in [6, 6.07) is 3.75. The van der Waals surface area contributed by atoms with Gasteiger partial charge in [0.15, 0.2) is 5.76 Å². The Morgan fingerprint density at radius 1 is 1.44 bits per heavy atom. The summed E-state index contributed by atoms with van der Waals surface area (Å²) in [6.07, 6.45) is 1.79. The number of hydrogen-bond donors (Lipinski definition) is 2. The molecule has 3 rings (SSSR count). The van der Waals surface area contributed by atoms with Gasteiger partial charge in [0.1, 0.15) is 11.5 Å². The quantitative estimate of drug-likeness (QED) is 0.710. The van der Waals surface area contributed by atoms with Gasteiger partial charge in [-0.1, -0.05) is 5.16 Å². The van der Waals surface area contributed by atoms with Crippen molar-refractivity contribution in [2.24, 2.45) is 0 Å². The number of aromatic amines is 1. The smallest absolute Gasteiger partial charge is 0.226 e. The lowest BCUT2D eigenvalue weighted by Gasteiger charge is -2.04. The van der Waals surface area contributed by atoms with Gasteiger partial charge in [-0.2, -0.15) is 4.98 Å². The molecule has 3 aromatic rings. The number of hydrogen-bond acceptors (Lipinski definition) is 5. The summed E-state index contributed by atoms with van der Waals surface area (Å²) in [5.41, 5.74) is 1.55. The zero-order valence-corrected chi connectivity index (χ0v) is 10.3. The van der Waals surface area contributed by atoms with Crippen molar-refractivity contribution in [1.82, 2.24) is 20.1 Å². The normalized spacial score (nSPS) is 11.0. The number of aryl methyl sites for hydroxylation is 1. The molecule has 0 radical (unpaired) electrons. The number of halogens is 1. The molecule has 0 saturated heterocycles. The fourth-order valence-corrected chi connectivity index (χ4v) is 1.89. The largest absolute Gasteiger partial charge is 0.362 e.